The zero-order chi connectivity index (χ0) is 17.0. The molecule has 24 heavy (non-hydrogen) atoms. The quantitative estimate of drug-likeness (QED) is 0.903. The van der Waals surface area contributed by atoms with Crippen LogP contribution in [0.25, 0.3) is 10.9 Å². The molecule has 1 aromatic carbocycles. The molecule has 2 aromatic rings. The van der Waals surface area contributed by atoms with Gasteiger partial charge in [-0.3, -0.25) is 9.78 Å². The van der Waals surface area contributed by atoms with Crippen molar-refractivity contribution < 1.29 is 14.3 Å². The average Bonchev–Trinajstić information content (AvgIpc) is 2.63. The van der Waals surface area contributed by atoms with E-state index >= 15 is 0 Å². The highest BCUT2D eigenvalue weighted by Gasteiger charge is 2.40. The zero-order valence-corrected chi connectivity index (χ0v) is 14.3. The Morgan fingerprint density at radius 2 is 2.04 bits per heavy atom. The highest BCUT2D eigenvalue weighted by molar-refractivity contribution is 6.05. The van der Waals surface area contributed by atoms with E-state index in [1.165, 1.54) is 0 Å². The monoisotopic (exact) mass is 328 g/mol. The van der Waals surface area contributed by atoms with Crippen LogP contribution in [0.5, 0.6) is 5.75 Å². The molecule has 1 aliphatic rings. The molecule has 0 aliphatic heterocycles. The molecule has 1 saturated carbocycles. The lowest BCUT2D eigenvalue weighted by atomic mass is 9.83. The van der Waals surface area contributed by atoms with Gasteiger partial charge in [-0.15, -0.1) is 0 Å². The SMILES string of the molecule is CCOC1(C(=O)Nc2ccc(OC)c3ncccc23)CCCCC1. The van der Waals surface area contributed by atoms with Gasteiger partial charge in [-0.1, -0.05) is 19.3 Å². The molecule has 5 heteroatoms. The van der Waals surface area contributed by atoms with Crippen LogP contribution in [-0.4, -0.2) is 30.2 Å². The lowest BCUT2D eigenvalue weighted by Crippen LogP contribution is -2.47. The van der Waals surface area contributed by atoms with Crippen molar-refractivity contribution in [1.29, 1.82) is 0 Å². The maximum Gasteiger partial charge on any atom is 0.256 e. The summed E-state index contributed by atoms with van der Waals surface area (Å²) >= 11 is 0. The summed E-state index contributed by atoms with van der Waals surface area (Å²) in [5.41, 5.74) is 0.780. The number of nitrogens with zero attached hydrogens (tertiary/aromatic N) is 1. The predicted octanol–water partition coefficient (Wildman–Crippen LogP) is 3.92. The fourth-order valence-electron chi connectivity index (χ4n) is 3.49. The van der Waals surface area contributed by atoms with Gasteiger partial charge in [0.2, 0.25) is 0 Å². The number of benzene rings is 1. The largest absolute Gasteiger partial charge is 0.494 e. The van der Waals surface area contributed by atoms with E-state index in [2.05, 4.69) is 10.3 Å². The van der Waals surface area contributed by atoms with Gasteiger partial charge in [-0.25, -0.2) is 0 Å². The van der Waals surface area contributed by atoms with E-state index in [9.17, 15) is 4.79 Å². The van der Waals surface area contributed by atoms with Crippen LogP contribution >= 0.6 is 0 Å². The number of pyridine rings is 1. The third-order valence-electron chi connectivity index (χ3n) is 4.70. The van der Waals surface area contributed by atoms with Gasteiger partial charge in [0.15, 0.2) is 0 Å². The Labute approximate surface area is 142 Å². The maximum absolute atomic E-state index is 13.0. The van der Waals surface area contributed by atoms with E-state index in [1.54, 1.807) is 13.3 Å². The summed E-state index contributed by atoms with van der Waals surface area (Å²) in [6.45, 7) is 2.48. The highest BCUT2D eigenvalue weighted by atomic mass is 16.5. The van der Waals surface area contributed by atoms with Gasteiger partial charge in [-0.05, 0) is 44.0 Å². The number of hydrogen-bond acceptors (Lipinski definition) is 4. The summed E-state index contributed by atoms with van der Waals surface area (Å²) in [5, 5.41) is 3.94. The summed E-state index contributed by atoms with van der Waals surface area (Å²) in [4.78, 5) is 17.4. The van der Waals surface area contributed by atoms with E-state index in [1.807, 2.05) is 31.2 Å². The number of amides is 1. The van der Waals surface area contributed by atoms with E-state index in [0.29, 0.717) is 12.4 Å². The minimum absolute atomic E-state index is 0.0561. The number of rotatable bonds is 5. The van der Waals surface area contributed by atoms with Crippen molar-refractivity contribution in [1.82, 2.24) is 4.98 Å². The summed E-state index contributed by atoms with van der Waals surface area (Å²) in [6, 6.07) is 7.49. The van der Waals surface area contributed by atoms with Crippen LogP contribution < -0.4 is 10.1 Å². The molecular formula is C19H24N2O3. The van der Waals surface area contributed by atoms with Crippen molar-refractivity contribution in [2.75, 3.05) is 19.0 Å². The highest BCUT2D eigenvalue weighted by Crippen LogP contribution is 2.35. The second-order valence-electron chi connectivity index (χ2n) is 6.16. The van der Waals surface area contributed by atoms with Crippen LogP contribution in [0.1, 0.15) is 39.0 Å². The molecule has 1 aromatic heterocycles. The molecule has 1 amide bonds. The molecule has 0 spiro atoms. The fraction of sp³-hybridized carbons (Fsp3) is 0.474. The molecule has 5 nitrogen and oxygen atoms in total. The van der Waals surface area contributed by atoms with Gasteiger partial charge in [0, 0.05) is 18.2 Å². The smallest absolute Gasteiger partial charge is 0.256 e. The number of fused-ring (bicyclic) bond motifs is 1. The van der Waals surface area contributed by atoms with E-state index in [0.717, 1.165) is 48.7 Å². The van der Waals surface area contributed by atoms with Crippen LogP contribution in [0.4, 0.5) is 5.69 Å². The normalized spacial score (nSPS) is 16.8. The average molecular weight is 328 g/mol. The van der Waals surface area contributed by atoms with E-state index in [-0.39, 0.29) is 5.91 Å². The molecule has 0 radical (unpaired) electrons. The van der Waals surface area contributed by atoms with Crippen molar-refractivity contribution in [3.8, 4) is 5.75 Å². The van der Waals surface area contributed by atoms with E-state index < -0.39 is 5.60 Å². The maximum atomic E-state index is 13.0. The third kappa shape index (κ3) is 3.08. The van der Waals surface area contributed by atoms with Crippen LogP contribution in [0.2, 0.25) is 0 Å². The Morgan fingerprint density at radius 1 is 1.25 bits per heavy atom. The predicted molar refractivity (Wildman–Crippen MR) is 94.4 cm³/mol. The second kappa shape index (κ2) is 7.18. The van der Waals surface area contributed by atoms with Crippen molar-refractivity contribution in [2.24, 2.45) is 0 Å². The van der Waals surface area contributed by atoms with Crippen LogP contribution in [-0.2, 0) is 9.53 Å². The van der Waals surface area contributed by atoms with Gasteiger partial charge in [0.1, 0.15) is 16.9 Å². The van der Waals surface area contributed by atoms with Gasteiger partial charge in [-0.2, -0.15) is 0 Å². The minimum Gasteiger partial charge on any atom is -0.494 e. The topological polar surface area (TPSA) is 60.5 Å². The third-order valence-corrected chi connectivity index (χ3v) is 4.70. The minimum atomic E-state index is -0.707. The van der Waals surface area contributed by atoms with Crippen molar-refractivity contribution >= 4 is 22.5 Å². The first-order valence-corrected chi connectivity index (χ1v) is 8.57. The van der Waals surface area contributed by atoms with Crippen LogP contribution in [0, 0.1) is 0 Å². The van der Waals surface area contributed by atoms with Gasteiger partial charge in [0.05, 0.1) is 12.8 Å². The molecule has 1 heterocycles. The Hall–Kier alpha value is -2.14. The number of ether oxygens (including phenoxy) is 2. The number of hydrogen-bond donors (Lipinski definition) is 1. The molecule has 0 atom stereocenters. The molecule has 0 unspecified atom stereocenters. The van der Waals surface area contributed by atoms with Crippen molar-refractivity contribution in [3.05, 3.63) is 30.5 Å². The van der Waals surface area contributed by atoms with Crippen molar-refractivity contribution in [3.63, 3.8) is 0 Å². The Balaban J connectivity index is 1.92. The number of methoxy groups -OCH3 is 1. The molecule has 0 bridgehead atoms. The summed E-state index contributed by atoms with van der Waals surface area (Å²) in [5.74, 6) is 0.639. The Bertz CT molecular complexity index is 718. The first-order chi connectivity index (χ1) is 11.7. The van der Waals surface area contributed by atoms with Gasteiger partial charge < -0.3 is 14.8 Å². The zero-order valence-electron chi connectivity index (χ0n) is 14.3. The number of aromatic nitrogens is 1. The molecule has 1 N–H and O–H groups in total. The summed E-state index contributed by atoms with van der Waals surface area (Å²) in [6.07, 6.45) is 6.49. The number of carbonyl (C=O) groups excluding carboxylic acids is 1. The van der Waals surface area contributed by atoms with E-state index in [4.69, 9.17) is 9.47 Å². The van der Waals surface area contributed by atoms with Crippen LogP contribution in [0.3, 0.4) is 0 Å². The van der Waals surface area contributed by atoms with Gasteiger partial charge in [0.25, 0.3) is 5.91 Å². The summed E-state index contributed by atoms with van der Waals surface area (Å²) in [7, 11) is 1.62. The lowest BCUT2D eigenvalue weighted by molar-refractivity contribution is -0.145. The van der Waals surface area contributed by atoms with Crippen molar-refractivity contribution in [2.45, 2.75) is 44.6 Å². The number of carbonyl (C=O) groups is 1. The first kappa shape index (κ1) is 16.7. The fourth-order valence-corrected chi connectivity index (χ4v) is 3.49. The molecule has 1 aliphatic carbocycles. The number of nitrogens with one attached hydrogen (secondary N) is 1. The second-order valence-corrected chi connectivity index (χ2v) is 6.16. The van der Waals surface area contributed by atoms with Crippen LogP contribution in [0.15, 0.2) is 30.5 Å². The standard InChI is InChI=1S/C19H24N2O3/c1-3-24-19(11-5-4-6-12-19)18(22)21-15-9-10-16(23-2)17-14(15)8-7-13-20-17/h7-10,13H,3-6,11-12H2,1-2H3,(H,21,22). The molecular weight excluding hydrogens is 304 g/mol. The number of anilines is 1. The summed E-state index contributed by atoms with van der Waals surface area (Å²) < 4.78 is 11.3. The molecule has 1 fully saturated rings. The lowest BCUT2D eigenvalue weighted by Gasteiger charge is -2.35. The Kier molecular flexibility index (Phi) is 5.00. The molecule has 0 saturated heterocycles. The van der Waals surface area contributed by atoms with Gasteiger partial charge >= 0.3 is 0 Å². The Morgan fingerprint density at radius 3 is 2.75 bits per heavy atom. The first-order valence-electron chi connectivity index (χ1n) is 8.57. The molecule has 128 valence electrons. The molecule has 3 rings (SSSR count).